The van der Waals surface area contributed by atoms with Crippen molar-refractivity contribution in [1.82, 2.24) is 4.98 Å². The van der Waals surface area contributed by atoms with Crippen LogP contribution in [0, 0.1) is 0 Å². The monoisotopic (exact) mass is 191 g/mol. The van der Waals surface area contributed by atoms with Crippen LogP contribution >= 0.6 is 0 Å². The smallest absolute Gasteiger partial charge is 0.249 e. The number of anilines is 1. The van der Waals surface area contributed by atoms with E-state index in [-0.39, 0.29) is 0 Å². The molecule has 0 aromatic carbocycles. The first-order valence-corrected chi connectivity index (χ1v) is 3.79. The highest BCUT2D eigenvalue weighted by atomic mass is 16.4. The van der Waals surface area contributed by atoms with Gasteiger partial charge in [-0.3, -0.25) is 4.79 Å². The second kappa shape index (κ2) is 4.76. The SMILES string of the molecule is O=C([O-])C=CC(=O)Nc1ccccn1. The number of aliphatic carboxylic acids is 1. The van der Waals surface area contributed by atoms with Crippen molar-refractivity contribution < 1.29 is 14.7 Å². The van der Waals surface area contributed by atoms with E-state index in [0.29, 0.717) is 11.9 Å². The molecule has 0 radical (unpaired) electrons. The molecule has 0 unspecified atom stereocenters. The van der Waals surface area contributed by atoms with Gasteiger partial charge in [0.15, 0.2) is 0 Å². The van der Waals surface area contributed by atoms with Crippen LogP contribution in [0.3, 0.4) is 0 Å². The topological polar surface area (TPSA) is 82.1 Å². The zero-order chi connectivity index (χ0) is 10.4. The summed E-state index contributed by atoms with van der Waals surface area (Å²) in [6, 6.07) is 4.99. The van der Waals surface area contributed by atoms with Gasteiger partial charge in [-0.1, -0.05) is 6.07 Å². The Balaban J connectivity index is 2.54. The molecule has 0 aliphatic rings. The van der Waals surface area contributed by atoms with Gasteiger partial charge in [0.05, 0.1) is 5.97 Å². The maximum absolute atomic E-state index is 11.0. The van der Waals surface area contributed by atoms with E-state index in [1.807, 2.05) is 0 Å². The van der Waals surface area contributed by atoms with Crippen molar-refractivity contribution in [1.29, 1.82) is 0 Å². The van der Waals surface area contributed by atoms with Crippen LogP contribution in [-0.4, -0.2) is 16.9 Å². The molecule has 1 heterocycles. The highest BCUT2D eigenvalue weighted by Gasteiger charge is 1.96. The Bertz CT molecular complexity index is 360. The van der Waals surface area contributed by atoms with Crippen molar-refractivity contribution >= 4 is 17.7 Å². The molecule has 0 atom stereocenters. The standard InChI is InChI=1S/C9H8N2O3/c12-8(4-5-9(13)14)11-7-3-1-2-6-10-7/h1-6H,(H,13,14)(H,10,11,12)/p-1. The summed E-state index contributed by atoms with van der Waals surface area (Å²) in [5.41, 5.74) is 0. The Kier molecular flexibility index (Phi) is 3.37. The first-order chi connectivity index (χ1) is 6.68. The van der Waals surface area contributed by atoms with Gasteiger partial charge in [-0.2, -0.15) is 0 Å². The Morgan fingerprint density at radius 1 is 1.36 bits per heavy atom. The second-order valence-corrected chi connectivity index (χ2v) is 2.36. The number of hydrogen-bond acceptors (Lipinski definition) is 4. The fraction of sp³-hybridized carbons (Fsp3) is 0. The number of nitrogens with zero attached hydrogens (tertiary/aromatic N) is 1. The van der Waals surface area contributed by atoms with Crippen molar-refractivity contribution in [2.45, 2.75) is 0 Å². The highest BCUT2D eigenvalue weighted by molar-refractivity contribution is 6.01. The van der Waals surface area contributed by atoms with E-state index < -0.39 is 11.9 Å². The second-order valence-electron chi connectivity index (χ2n) is 2.36. The summed E-state index contributed by atoms with van der Waals surface area (Å²) >= 11 is 0. The molecule has 1 aromatic rings. The number of amides is 1. The van der Waals surface area contributed by atoms with Crippen LogP contribution in [0.15, 0.2) is 36.5 Å². The molecule has 0 aliphatic carbocycles. The van der Waals surface area contributed by atoms with Crippen molar-refractivity contribution in [2.75, 3.05) is 5.32 Å². The van der Waals surface area contributed by atoms with Gasteiger partial charge >= 0.3 is 0 Å². The minimum atomic E-state index is -1.42. The van der Waals surface area contributed by atoms with E-state index in [9.17, 15) is 14.7 Å². The van der Waals surface area contributed by atoms with Gasteiger partial charge in [-0.05, 0) is 18.2 Å². The van der Waals surface area contributed by atoms with Crippen molar-refractivity contribution in [3.63, 3.8) is 0 Å². The molecule has 0 fully saturated rings. The quantitative estimate of drug-likeness (QED) is 0.642. The summed E-state index contributed by atoms with van der Waals surface area (Å²) < 4.78 is 0. The molecule has 1 amide bonds. The minimum Gasteiger partial charge on any atom is -0.545 e. The van der Waals surface area contributed by atoms with Gasteiger partial charge in [0.25, 0.3) is 0 Å². The van der Waals surface area contributed by atoms with Crippen molar-refractivity contribution in [2.24, 2.45) is 0 Å². The maximum atomic E-state index is 11.0. The zero-order valence-corrected chi connectivity index (χ0v) is 7.14. The van der Waals surface area contributed by atoms with Crippen LogP contribution in [0.2, 0.25) is 0 Å². The average Bonchev–Trinajstić information content (AvgIpc) is 2.16. The van der Waals surface area contributed by atoms with E-state index >= 15 is 0 Å². The number of hydrogen-bond donors (Lipinski definition) is 1. The lowest BCUT2D eigenvalue weighted by Gasteiger charge is -1.99. The van der Waals surface area contributed by atoms with Crippen LogP contribution in [0.5, 0.6) is 0 Å². The average molecular weight is 191 g/mol. The number of pyridine rings is 1. The minimum absolute atomic E-state index is 0.362. The third-order valence-electron chi connectivity index (χ3n) is 1.29. The molecule has 5 heteroatoms. The Morgan fingerprint density at radius 2 is 2.14 bits per heavy atom. The number of carboxylic acid groups (broad SMARTS) is 1. The predicted octanol–water partition coefficient (Wildman–Crippen LogP) is -0.674. The largest absolute Gasteiger partial charge is 0.545 e. The van der Waals surface area contributed by atoms with Gasteiger partial charge in [-0.15, -0.1) is 0 Å². The van der Waals surface area contributed by atoms with Crippen LogP contribution in [0.1, 0.15) is 0 Å². The van der Waals surface area contributed by atoms with E-state index in [0.717, 1.165) is 6.08 Å². The summed E-state index contributed by atoms with van der Waals surface area (Å²) in [5.74, 6) is -1.62. The highest BCUT2D eigenvalue weighted by Crippen LogP contribution is 1.99. The third-order valence-corrected chi connectivity index (χ3v) is 1.29. The summed E-state index contributed by atoms with van der Waals surface area (Å²) in [6.07, 6.45) is 3.03. The molecule has 0 spiro atoms. The van der Waals surface area contributed by atoms with Gasteiger partial charge in [0.2, 0.25) is 5.91 Å². The summed E-state index contributed by atoms with van der Waals surface area (Å²) in [7, 11) is 0. The van der Waals surface area contributed by atoms with Gasteiger partial charge in [0, 0.05) is 12.3 Å². The molecular formula is C9H7N2O3-. The lowest BCUT2D eigenvalue weighted by molar-refractivity contribution is -0.297. The van der Waals surface area contributed by atoms with E-state index in [1.165, 1.54) is 6.20 Å². The van der Waals surface area contributed by atoms with E-state index in [1.54, 1.807) is 18.2 Å². The van der Waals surface area contributed by atoms with Crippen LogP contribution in [0.25, 0.3) is 0 Å². The van der Waals surface area contributed by atoms with Crippen LogP contribution < -0.4 is 10.4 Å². The molecule has 0 saturated heterocycles. The summed E-state index contributed by atoms with van der Waals surface area (Å²) in [4.78, 5) is 24.8. The number of nitrogens with one attached hydrogen (secondary N) is 1. The Morgan fingerprint density at radius 3 is 2.71 bits per heavy atom. The number of aromatic nitrogens is 1. The lowest BCUT2D eigenvalue weighted by atomic mass is 10.4. The number of rotatable bonds is 3. The number of carbonyl (C=O) groups is 2. The fourth-order valence-corrected chi connectivity index (χ4v) is 0.748. The molecule has 14 heavy (non-hydrogen) atoms. The van der Waals surface area contributed by atoms with Gasteiger partial charge < -0.3 is 15.2 Å². The van der Waals surface area contributed by atoms with E-state index in [4.69, 9.17) is 0 Å². The molecule has 1 rings (SSSR count). The molecule has 1 aromatic heterocycles. The van der Waals surface area contributed by atoms with E-state index in [2.05, 4.69) is 10.3 Å². The molecule has 0 saturated carbocycles. The normalized spacial score (nSPS) is 10.0. The third kappa shape index (κ3) is 3.48. The molecule has 0 bridgehead atoms. The van der Waals surface area contributed by atoms with Gasteiger partial charge in [-0.25, -0.2) is 4.98 Å². The number of carboxylic acids is 1. The first kappa shape index (κ1) is 9.91. The molecular weight excluding hydrogens is 184 g/mol. The lowest BCUT2D eigenvalue weighted by Crippen LogP contribution is -2.20. The van der Waals surface area contributed by atoms with Crippen molar-refractivity contribution in [3.05, 3.63) is 36.5 Å². The molecule has 0 aliphatic heterocycles. The molecule has 1 N–H and O–H groups in total. The summed E-state index contributed by atoms with van der Waals surface area (Å²) in [6.45, 7) is 0. The zero-order valence-electron chi connectivity index (χ0n) is 7.14. The first-order valence-electron chi connectivity index (χ1n) is 3.79. The maximum Gasteiger partial charge on any atom is 0.249 e. The molecule has 72 valence electrons. The van der Waals surface area contributed by atoms with Crippen LogP contribution in [-0.2, 0) is 9.59 Å². The predicted molar refractivity (Wildman–Crippen MR) is 47.0 cm³/mol. The van der Waals surface area contributed by atoms with Crippen LogP contribution in [0.4, 0.5) is 5.82 Å². The number of carbonyl (C=O) groups excluding carboxylic acids is 2. The Labute approximate surface area is 80.1 Å². The Hall–Kier alpha value is -2.17. The summed E-state index contributed by atoms with van der Waals surface area (Å²) in [5, 5.41) is 12.3. The molecule has 5 nitrogen and oxygen atoms in total. The van der Waals surface area contributed by atoms with Gasteiger partial charge in [0.1, 0.15) is 5.82 Å². The fourth-order valence-electron chi connectivity index (χ4n) is 0.748. The van der Waals surface area contributed by atoms with Crippen molar-refractivity contribution in [3.8, 4) is 0 Å².